The Morgan fingerprint density at radius 1 is 1.42 bits per heavy atom. The predicted molar refractivity (Wildman–Crippen MR) is 76.7 cm³/mol. The number of nitrogens with zero attached hydrogens (tertiary/aromatic N) is 1. The lowest BCUT2D eigenvalue weighted by Crippen LogP contribution is -2.36. The quantitative estimate of drug-likeness (QED) is 0.682. The highest BCUT2D eigenvalue weighted by Gasteiger charge is 2.19. The zero-order chi connectivity index (χ0) is 13.7. The Balaban J connectivity index is 0.00000324. The smallest absolute Gasteiger partial charge is 0.325 e. The molecule has 0 heterocycles. The third-order valence-corrected chi connectivity index (χ3v) is 2.75. The normalized spacial score (nSPS) is 9.42. The lowest BCUT2D eigenvalue weighted by Gasteiger charge is -2.20. The van der Waals surface area contributed by atoms with Crippen molar-refractivity contribution < 1.29 is 14.3 Å². The molecule has 0 atom stereocenters. The van der Waals surface area contributed by atoms with Crippen molar-refractivity contribution in [2.45, 2.75) is 6.92 Å². The van der Waals surface area contributed by atoms with E-state index in [2.05, 4.69) is 4.74 Å². The maximum Gasteiger partial charge on any atom is 0.325 e. The van der Waals surface area contributed by atoms with Crippen LogP contribution < -0.4 is 5.73 Å². The lowest BCUT2D eigenvalue weighted by atomic mass is 10.2. The van der Waals surface area contributed by atoms with Gasteiger partial charge < -0.3 is 15.4 Å². The second kappa shape index (κ2) is 7.86. The number of nitrogen functional groups attached to an aromatic ring is 1. The van der Waals surface area contributed by atoms with E-state index >= 15 is 0 Å². The van der Waals surface area contributed by atoms with Gasteiger partial charge >= 0.3 is 5.97 Å². The van der Waals surface area contributed by atoms with E-state index < -0.39 is 5.97 Å². The van der Waals surface area contributed by atoms with Crippen LogP contribution in [-0.2, 0) is 9.53 Å². The van der Waals surface area contributed by atoms with Gasteiger partial charge in [0.15, 0.2) is 0 Å². The number of methoxy groups -OCH3 is 1. The van der Waals surface area contributed by atoms with Gasteiger partial charge in [-0.05, 0) is 25.1 Å². The zero-order valence-electron chi connectivity index (χ0n) is 10.7. The van der Waals surface area contributed by atoms with E-state index in [-0.39, 0.29) is 29.9 Å². The Labute approximate surface area is 123 Å². The first-order valence-electron chi connectivity index (χ1n) is 5.40. The molecule has 0 aliphatic heterocycles. The highest BCUT2D eigenvalue weighted by atomic mass is 35.5. The van der Waals surface area contributed by atoms with Crippen molar-refractivity contribution in [3.8, 4) is 0 Å². The van der Waals surface area contributed by atoms with E-state index in [1.807, 2.05) is 0 Å². The summed E-state index contributed by atoms with van der Waals surface area (Å²) in [5.74, 6) is -0.801. The Kier molecular flexibility index (Phi) is 7.26. The third-order valence-electron chi connectivity index (χ3n) is 2.44. The Hall–Kier alpha value is -1.46. The average Bonchev–Trinajstić information content (AvgIpc) is 2.34. The van der Waals surface area contributed by atoms with Gasteiger partial charge in [-0.25, -0.2) is 0 Å². The van der Waals surface area contributed by atoms with Crippen molar-refractivity contribution in [3.63, 3.8) is 0 Å². The molecule has 5 nitrogen and oxygen atoms in total. The van der Waals surface area contributed by atoms with Crippen LogP contribution >= 0.6 is 24.0 Å². The van der Waals surface area contributed by atoms with Crippen molar-refractivity contribution in [2.24, 2.45) is 0 Å². The molecule has 0 aliphatic carbocycles. The number of carbonyl (C=O) groups excluding carboxylic acids is 2. The summed E-state index contributed by atoms with van der Waals surface area (Å²) in [6.07, 6.45) is 0. The molecule has 0 radical (unpaired) electrons. The SMILES string of the molecule is CCN(CC(=O)OC)C(=O)c1ccc(N)cc1Cl.Cl. The number of likely N-dealkylation sites (N-methyl/N-ethyl adjacent to an activating group) is 1. The molecule has 0 aliphatic rings. The maximum absolute atomic E-state index is 12.2. The molecule has 0 aromatic heterocycles. The van der Waals surface area contributed by atoms with Gasteiger partial charge in [0.25, 0.3) is 5.91 Å². The molecule has 7 heteroatoms. The Morgan fingerprint density at radius 3 is 2.53 bits per heavy atom. The van der Waals surface area contributed by atoms with Gasteiger partial charge in [0.1, 0.15) is 6.54 Å². The number of anilines is 1. The molecule has 2 N–H and O–H groups in total. The van der Waals surface area contributed by atoms with Gasteiger partial charge in [-0.2, -0.15) is 0 Å². The molecule has 0 saturated carbocycles. The van der Waals surface area contributed by atoms with Gasteiger partial charge in [-0.3, -0.25) is 9.59 Å². The number of amides is 1. The van der Waals surface area contributed by atoms with Crippen LogP contribution in [0.2, 0.25) is 5.02 Å². The number of hydrogen-bond acceptors (Lipinski definition) is 4. The second-order valence-electron chi connectivity index (χ2n) is 3.63. The number of esters is 1. The molecule has 1 rings (SSSR count). The lowest BCUT2D eigenvalue weighted by molar-refractivity contribution is -0.141. The first kappa shape index (κ1) is 17.5. The minimum atomic E-state index is -0.475. The van der Waals surface area contributed by atoms with Crippen molar-refractivity contribution in [1.29, 1.82) is 0 Å². The standard InChI is InChI=1S/C12H15ClN2O3.ClH/c1-3-15(7-11(16)18-2)12(17)9-5-4-8(14)6-10(9)13;/h4-6H,3,7,14H2,1-2H3;1H. The van der Waals surface area contributed by atoms with Crippen LogP contribution in [0.5, 0.6) is 0 Å². The van der Waals surface area contributed by atoms with E-state index in [0.29, 0.717) is 17.8 Å². The van der Waals surface area contributed by atoms with Gasteiger partial charge in [-0.1, -0.05) is 11.6 Å². The van der Waals surface area contributed by atoms with Gasteiger partial charge in [0.05, 0.1) is 17.7 Å². The Morgan fingerprint density at radius 2 is 2.05 bits per heavy atom. The van der Waals surface area contributed by atoms with Crippen LogP contribution in [0.3, 0.4) is 0 Å². The number of nitrogens with two attached hydrogens (primary N) is 1. The number of ether oxygens (including phenoxy) is 1. The summed E-state index contributed by atoms with van der Waals surface area (Å²) in [7, 11) is 1.27. The zero-order valence-corrected chi connectivity index (χ0v) is 12.3. The van der Waals surface area contributed by atoms with Crippen molar-refractivity contribution in [1.82, 2.24) is 4.90 Å². The van der Waals surface area contributed by atoms with Crippen molar-refractivity contribution in [2.75, 3.05) is 25.9 Å². The van der Waals surface area contributed by atoms with Crippen molar-refractivity contribution in [3.05, 3.63) is 28.8 Å². The third kappa shape index (κ3) is 4.61. The summed E-state index contributed by atoms with van der Waals surface area (Å²) in [6.45, 7) is 2.05. The molecular weight excluding hydrogens is 291 g/mol. The molecule has 0 unspecified atom stereocenters. The summed E-state index contributed by atoms with van der Waals surface area (Å²) in [4.78, 5) is 24.7. The minimum Gasteiger partial charge on any atom is -0.468 e. The molecule has 106 valence electrons. The summed E-state index contributed by atoms with van der Waals surface area (Å²) >= 11 is 5.95. The van der Waals surface area contributed by atoms with Crippen molar-refractivity contribution >= 4 is 41.6 Å². The van der Waals surface area contributed by atoms with Gasteiger partial charge in [-0.15, -0.1) is 12.4 Å². The first-order chi connectivity index (χ1) is 8.49. The van der Waals surface area contributed by atoms with Crippen LogP contribution in [0, 0.1) is 0 Å². The summed E-state index contributed by atoms with van der Waals surface area (Å²) < 4.78 is 4.53. The molecule has 1 aromatic carbocycles. The van der Waals surface area contributed by atoms with E-state index in [1.165, 1.54) is 18.1 Å². The minimum absolute atomic E-state index is 0. The van der Waals surface area contributed by atoms with E-state index in [1.54, 1.807) is 19.1 Å². The highest BCUT2D eigenvalue weighted by Crippen LogP contribution is 2.20. The molecule has 1 amide bonds. The highest BCUT2D eigenvalue weighted by molar-refractivity contribution is 6.34. The molecule has 1 aromatic rings. The molecule has 0 spiro atoms. The summed E-state index contributed by atoms with van der Waals surface area (Å²) in [5.41, 5.74) is 6.35. The number of rotatable bonds is 4. The Bertz CT molecular complexity index is 466. The summed E-state index contributed by atoms with van der Waals surface area (Å²) in [5, 5.41) is 0.267. The van der Waals surface area contributed by atoms with Gasteiger partial charge in [0, 0.05) is 12.2 Å². The van der Waals surface area contributed by atoms with E-state index in [9.17, 15) is 9.59 Å². The van der Waals surface area contributed by atoms with Crippen LogP contribution in [0.15, 0.2) is 18.2 Å². The maximum atomic E-state index is 12.2. The molecular formula is C12H16Cl2N2O3. The average molecular weight is 307 g/mol. The number of carbonyl (C=O) groups is 2. The fourth-order valence-electron chi connectivity index (χ4n) is 1.42. The van der Waals surface area contributed by atoms with Gasteiger partial charge in [0.2, 0.25) is 0 Å². The van der Waals surface area contributed by atoms with Crippen LogP contribution in [0.4, 0.5) is 5.69 Å². The number of hydrogen-bond donors (Lipinski definition) is 1. The predicted octanol–water partition coefficient (Wildman–Crippen LogP) is 1.98. The molecule has 0 bridgehead atoms. The topological polar surface area (TPSA) is 72.6 Å². The second-order valence-corrected chi connectivity index (χ2v) is 4.04. The number of benzene rings is 1. The fraction of sp³-hybridized carbons (Fsp3) is 0.333. The first-order valence-corrected chi connectivity index (χ1v) is 5.78. The number of halogens is 2. The van der Waals surface area contributed by atoms with Crippen LogP contribution in [-0.4, -0.2) is 37.0 Å². The molecule has 0 saturated heterocycles. The van der Waals surface area contributed by atoms with Crippen LogP contribution in [0.25, 0.3) is 0 Å². The van der Waals surface area contributed by atoms with Crippen LogP contribution in [0.1, 0.15) is 17.3 Å². The fourth-order valence-corrected chi connectivity index (χ4v) is 1.69. The molecule has 0 fully saturated rings. The largest absolute Gasteiger partial charge is 0.468 e. The van der Waals surface area contributed by atoms with E-state index in [4.69, 9.17) is 17.3 Å². The summed E-state index contributed by atoms with van der Waals surface area (Å²) in [6, 6.07) is 4.63. The van der Waals surface area contributed by atoms with E-state index in [0.717, 1.165) is 0 Å². The molecule has 19 heavy (non-hydrogen) atoms. The monoisotopic (exact) mass is 306 g/mol.